The second-order valence-corrected chi connectivity index (χ2v) is 5.98. The van der Waals surface area contributed by atoms with Crippen LogP contribution in [0.3, 0.4) is 0 Å². The van der Waals surface area contributed by atoms with Crippen molar-refractivity contribution in [1.29, 1.82) is 0 Å². The highest BCUT2D eigenvalue weighted by Gasteiger charge is 2.20. The zero-order chi connectivity index (χ0) is 18.8. The van der Waals surface area contributed by atoms with Crippen molar-refractivity contribution in [1.82, 2.24) is 34.7 Å². The van der Waals surface area contributed by atoms with E-state index < -0.39 is 0 Å². The van der Waals surface area contributed by atoms with Crippen LogP contribution in [0.4, 0.5) is 5.69 Å². The summed E-state index contributed by atoms with van der Waals surface area (Å²) in [6, 6.07) is 1.67. The maximum atomic E-state index is 12.5. The van der Waals surface area contributed by atoms with E-state index in [4.69, 9.17) is 0 Å². The van der Waals surface area contributed by atoms with Crippen LogP contribution in [-0.4, -0.2) is 41.2 Å². The summed E-state index contributed by atoms with van der Waals surface area (Å²) in [5.41, 5.74) is 2.60. The summed E-state index contributed by atoms with van der Waals surface area (Å²) in [5, 5.41) is 17.8. The quantitative estimate of drug-likeness (QED) is 0.686. The molecule has 26 heavy (non-hydrogen) atoms. The topological polar surface area (TPSA) is 112 Å². The fourth-order valence-corrected chi connectivity index (χ4v) is 2.64. The Kier molecular flexibility index (Phi) is 4.57. The smallest absolute Gasteiger partial charge is 0.274 e. The third-order valence-corrected chi connectivity index (χ3v) is 3.85. The van der Waals surface area contributed by atoms with Gasteiger partial charge in [-0.2, -0.15) is 15.3 Å². The average molecular weight is 356 g/mol. The molecule has 0 saturated heterocycles. The Balaban J connectivity index is 1.74. The van der Waals surface area contributed by atoms with E-state index in [1.165, 1.54) is 15.6 Å². The van der Waals surface area contributed by atoms with E-state index in [0.717, 1.165) is 11.3 Å². The van der Waals surface area contributed by atoms with Gasteiger partial charge in [-0.3, -0.25) is 23.6 Å². The molecule has 0 saturated carbocycles. The minimum Gasteiger partial charge on any atom is -0.346 e. The van der Waals surface area contributed by atoms with Crippen molar-refractivity contribution in [2.75, 3.05) is 5.32 Å². The summed E-state index contributed by atoms with van der Waals surface area (Å²) in [7, 11) is 5.13. The van der Waals surface area contributed by atoms with Gasteiger partial charge in [0.15, 0.2) is 0 Å². The highest BCUT2D eigenvalue weighted by atomic mass is 16.2. The molecule has 2 amide bonds. The first-order chi connectivity index (χ1) is 12.3. The molecule has 10 nitrogen and oxygen atoms in total. The van der Waals surface area contributed by atoms with Crippen LogP contribution in [-0.2, 0) is 27.7 Å². The lowest BCUT2D eigenvalue weighted by molar-refractivity contribution is 0.0942. The van der Waals surface area contributed by atoms with Crippen LogP contribution in [0.2, 0.25) is 0 Å². The predicted molar refractivity (Wildman–Crippen MR) is 93.5 cm³/mol. The molecule has 0 unspecified atom stereocenters. The van der Waals surface area contributed by atoms with E-state index in [0.29, 0.717) is 17.9 Å². The first-order valence-electron chi connectivity index (χ1n) is 7.95. The molecule has 0 radical (unpaired) electrons. The molecule has 0 aliphatic heterocycles. The number of anilines is 1. The molecule has 136 valence electrons. The predicted octanol–water partition coefficient (Wildman–Crippen LogP) is 0.378. The van der Waals surface area contributed by atoms with Gasteiger partial charge in [-0.15, -0.1) is 0 Å². The Bertz CT molecular complexity index is 965. The maximum Gasteiger partial charge on any atom is 0.274 e. The molecule has 3 aromatic rings. The molecule has 0 bridgehead atoms. The molecule has 10 heteroatoms. The Morgan fingerprint density at radius 3 is 2.46 bits per heavy atom. The number of carbonyl (C=O) groups is 2. The summed E-state index contributed by atoms with van der Waals surface area (Å²) in [6.07, 6.45) is 4.94. The highest BCUT2D eigenvalue weighted by Crippen LogP contribution is 2.16. The molecule has 3 heterocycles. The van der Waals surface area contributed by atoms with Gasteiger partial charge in [0.05, 0.1) is 23.8 Å². The number of amides is 2. The number of aryl methyl sites for hydroxylation is 4. The fourth-order valence-electron chi connectivity index (χ4n) is 2.64. The summed E-state index contributed by atoms with van der Waals surface area (Å²) in [5.74, 6) is -0.701. The molecule has 2 N–H and O–H groups in total. The van der Waals surface area contributed by atoms with E-state index in [9.17, 15) is 9.59 Å². The van der Waals surface area contributed by atoms with Gasteiger partial charge >= 0.3 is 0 Å². The van der Waals surface area contributed by atoms with E-state index in [2.05, 4.69) is 25.9 Å². The van der Waals surface area contributed by atoms with Crippen molar-refractivity contribution >= 4 is 17.5 Å². The third kappa shape index (κ3) is 3.48. The third-order valence-electron chi connectivity index (χ3n) is 3.85. The molecule has 0 fully saturated rings. The van der Waals surface area contributed by atoms with Crippen molar-refractivity contribution in [2.24, 2.45) is 21.1 Å². The monoisotopic (exact) mass is 356 g/mol. The van der Waals surface area contributed by atoms with Gasteiger partial charge in [0.2, 0.25) is 0 Å². The van der Waals surface area contributed by atoms with Gasteiger partial charge < -0.3 is 10.6 Å². The lowest BCUT2D eigenvalue weighted by Gasteiger charge is -2.08. The average Bonchev–Trinajstić information content (AvgIpc) is 3.25. The van der Waals surface area contributed by atoms with Gasteiger partial charge in [0.1, 0.15) is 11.4 Å². The SMILES string of the molecule is Cc1cc(C(=O)Nc2cnn(C)c2C(=O)NCc2cnn(C)c2)n(C)n1. The number of carbonyl (C=O) groups excluding carboxylic acids is 2. The first kappa shape index (κ1) is 17.4. The lowest BCUT2D eigenvalue weighted by Crippen LogP contribution is -2.27. The number of hydrogen-bond donors (Lipinski definition) is 2. The Labute approximate surface area is 149 Å². The van der Waals surface area contributed by atoms with Crippen LogP contribution in [0.1, 0.15) is 32.2 Å². The first-order valence-corrected chi connectivity index (χ1v) is 7.95. The number of aromatic nitrogens is 6. The van der Waals surface area contributed by atoms with E-state index in [1.54, 1.807) is 45.0 Å². The Hall–Kier alpha value is -3.43. The van der Waals surface area contributed by atoms with Gasteiger partial charge in [-0.25, -0.2) is 0 Å². The van der Waals surface area contributed by atoms with Gasteiger partial charge in [0.25, 0.3) is 11.8 Å². The van der Waals surface area contributed by atoms with Crippen LogP contribution >= 0.6 is 0 Å². The largest absolute Gasteiger partial charge is 0.346 e. The minimum atomic E-state index is -0.359. The van der Waals surface area contributed by atoms with Crippen molar-refractivity contribution in [3.63, 3.8) is 0 Å². The fraction of sp³-hybridized carbons (Fsp3) is 0.312. The van der Waals surface area contributed by atoms with Gasteiger partial charge in [-0.05, 0) is 13.0 Å². The zero-order valence-corrected chi connectivity index (χ0v) is 15.0. The van der Waals surface area contributed by atoms with Crippen molar-refractivity contribution in [2.45, 2.75) is 13.5 Å². The normalized spacial score (nSPS) is 10.8. The summed E-state index contributed by atoms with van der Waals surface area (Å²) in [4.78, 5) is 25.0. The van der Waals surface area contributed by atoms with Crippen LogP contribution in [0.15, 0.2) is 24.7 Å². The van der Waals surface area contributed by atoms with E-state index in [-0.39, 0.29) is 17.5 Å². The molecule has 0 aliphatic carbocycles. The summed E-state index contributed by atoms with van der Waals surface area (Å²) >= 11 is 0. The number of nitrogens with zero attached hydrogens (tertiary/aromatic N) is 6. The van der Waals surface area contributed by atoms with Crippen LogP contribution in [0.5, 0.6) is 0 Å². The van der Waals surface area contributed by atoms with Crippen LogP contribution in [0.25, 0.3) is 0 Å². The number of nitrogens with one attached hydrogen (secondary N) is 2. The molecule has 3 rings (SSSR count). The van der Waals surface area contributed by atoms with Crippen molar-refractivity contribution in [3.8, 4) is 0 Å². The van der Waals surface area contributed by atoms with Crippen molar-refractivity contribution < 1.29 is 9.59 Å². The second-order valence-electron chi connectivity index (χ2n) is 5.98. The van der Waals surface area contributed by atoms with Gasteiger partial charge in [0, 0.05) is 39.4 Å². The number of rotatable bonds is 5. The molecule has 0 atom stereocenters. The molecule has 0 spiro atoms. The highest BCUT2D eigenvalue weighted by molar-refractivity contribution is 6.07. The Morgan fingerprint density at radius 2 is 1.85 bits per heavy atom. The number of hydrogen-bond acceptors (Lipinski definition) is 5. The summed E-state index contributed by atoms with van der Waals surface area (Å²) in [6.45, 7) is 2.13. The van der Waals surface area contributed by atoms with Crippen molar-refractivity contribution in [3.05, 3.63) is 47.3 Å². The second kappa shape index (κ2) is 6.82. The molecule has 0 aliphatic rings. The molecular formula is C16H20N8O2. The standard InChI is InChI=1S/C16H20N8O2/c1-10-5-13(23(3)21-10)15(25)20-12-8-19-24(4)14(12)16(26)17-6-11-7-18-22(2)9-11/h5,7-9H,6H2,1-4H3,(H,17,26)(H,20,25). The van der Waals surface area contributed by atoms with Crippen LogP contribution in [0, 0.1) is 6.92 Å². The maximum absolute atomic E-state index is 12.5. The van der Waals surface area contributed by atoms with E-state index in [1.807, 2.05) is 6.20 Å². The molecule has 3 aromatic heterocycles. The van der Waals surface area contributed by atoms with Gasteiger partial charge in [-0.1, -0.05) is 0 Å². The molecule has 0 aromatic carbocycles. The minimum absolute atomic E-state index is 0.265. The lowest BCUT2D eigenvalue weighted by atomic mass is 10.3. The van der Waals surface area contributed by atoms with E-state index >= 15 is 0 Å². The van der Waals surface area contributed by atoms with Crippen LogP contribution < -0.4 is 10.6 Å². The molecular weight excluding hydrogens is 336 g/mol. The summed E-state index contributed by atoms with van der Waals surface area (Å²) < 4.78 is 4.57. The zero-order valence-electron chi connectivity index (χ0n) is 15.0. The Morgan fingerprint density at radius 1 is 1.08 bits per heavy atom.